The normalized spacial score (nSPS) is 21.4. The second kappa shape index (κ2) is 9.00. The summed E-state index contributed by atoms with van der Waals surface area (Å²) in [5.74, 6) is 0.674. The van der Waals surface area contributed by atoms with Crippen LogP contribution in [0.3, 0.4) is 0 Å². The third-order valence-electron chi connectivity index (χ3n) is 6.45. The van der Waals surface area contributed by atoms with E-state index in [-0.39, 0.29) is 10.5 Å². The van der Waals surface area contributed by atoms with Gasteiger partial charge in [-0.05, 0) is 75.4 Å². The standard InChI is InChI=1S/C24H33N3O4S/c1-24(2)16-19(11-14-31-24)17-5-7-20(8-6-17)32(28,29)26-22-15-18-9-12-27(3)13-10-21(18)25-23(22)30-4/h5-8,15,19,26H,9-14,16H2,1-4H3. The molecule has 1 saturated heterocycles. The van der Waals surface area contributed by atoms with Gasteiger partial charge in [-0.15, -0.1) is 0 Å². The number of ether oxygens (including phenoxy) is 2. The van der Waals surface area contributed by atoms with Crippen molar-refractivity contribution in [2.24, 2.45) is 0 Å². The summed E-state index contributed by atoms with van der Waals surface area (Å²) in [5, 5.41) is 0. The Bertz CT molecular complexity index is 1070. The minimum absolute atomic E-state index is 0.154. The first-order valence-electron chi connectivity index (χ1n) is 11.2. The van der Waals surface area contributed by atoms with E-state index < -0.39 is 10.0 Å². The molecule has 2 aromatic rings. The lowest BCUT2D eigenvalue weighted by molar-refractivity contribution is -0.0593. The molecule has 0 spiro atoms. The molecule has 1 N–H and O–H groups in total. The average Bonchev–Trinajstić information content (AvgIpc) is 2.93. The minimum atomic E-state index is -3.77. The van der Waals surface area contributed by atoms with Gasteiger partial charge < -0.3 is 14.4 Å². The van der Waals surface area contributed by atoms with Crippen molar-refractivity contribution in [1.29, 1.82) is 0 Å². The monoisotopic (exact) mass is 459 g/mol. The molecule has 4 rings (SSSR count). The number of hydrogen-bond acceptors (Lipinski definition) is 6. The summed E-state index contributed by atoms with van der Waals surface area (Å²) in [6, 6.07) is 9.07. The van der Waals surface area contributed by atoms with E-state index in [4.69, 9.17) is 9.47 Å². The van der Waals surface area contributed by atoms with Crippen LogP contribution in [-0.2, 0) is 27.6 Å². The molecule has 2 aliphatic rings. The van der Waals surface area contributed by atoms with Gasteiger partial charge in [-0.25, -0.2) is 13.4 Å². The largest absolute Gasteiger partial charge is 0.479 e. The van der Waals surface area contributed by atoms with E-state index in [1.54, 1.807) is 12.1 Å². The predicted molar refractivity (Wildman–Crippen MR) is 125 cm³/mol. The van der Waals surface area contributed by atoms with Crippen LogP contribution in [0.4, 0.5) is 5.69 Å². The number of pyridine rings is 1. The fourth-order valence-electron chi connectivity index (χ4n) is 4.59. The Hall–Kier alpha value is -2.16. The van der Waals surface area contributed by atoms with Crippen LogP contribution >= 0.6 is 0 Å². The summed E-state index contributed by atoms with van der Waals surface area (Å²) in [7, 11) is -0.173. The molecule has 174 valence electrons. The summed E-state index contributed by atoms with van der Waals surface area (Å²) in [6.07, 6.45) is 3.51. The van der Waals surface area contributed by atoms with E-state index in [1.807, 2.05) is 18.2 Å². The number of anilines is 1. The van der Waals surface area contributed by atoms with Crippen molar-refractivity contribution < 1.29 is 17.9 Å². The van der Waals surface area contributed by atoms with E-state index in [2.05, 4.69) is 35.5 Å². The van der Waals surface area contributed by atoms with Gasteiger partial charge in [0, 0.05) is 31.8 Å². The summed E-state index contributed by atoms with van der Waals surface area (Å²) in [4.78, 5) is 7.08. The molecular weight excluding hydrogens is 426 g/mol. The van der Waals surface area contributed by atoms with Crippen molar-refractivity contribution in [2.45, 2.75) is 55.9 Å². The van der Waals surface area contributed by atoms with Gasteiger partial charge in [-0.3, -0.25) is 4.72 Å². The molecule has 0 bridgehead atoms. The van der Waals surface area contributed by atoms with Crippen LogP contribution in [0.5, 0.6) is 5.88 Å². The zero-order chi connectivity index (χ0) is 22.9. The van der Waals surface area contributed by atoms with Crippen molar-refractivity contribution in [3.63, 3.8) is 0 Å². The molecule has 1 aromatic carbocycles. The molecular formula is C24H33N3O4S. The molecule has 0 radical (unpaired) electrons. The fourth-order valence-corrected chi connectivity index (χ4v) is 5.64. The molecule has 1 fully saturated rings. The Morgan fingerprint density at radius 1 is 1.19 bits per heavy atom. The smallest absolute Gasteiger partial charge is 0.262 e. The van der Waals surface area contributed by atoms with Crippen molar-refractivity contribution in [1.82, 2.24) is 9.88 Å². The van der Waals surface area contributed by atoms with Gasteiger partial charge in [0.1, 0.15) is 5.69 Å². The number of fused-ring (bicyclic) bond motifs is 1. The molecule has 1 aromatic heterocycles. The van der Waals surface area contributed by atoms with Gasteiger partial charge in [0.25, 0.3) is 10.0 Å². The highest BCUT2D eigenvalue weighted by Gasteiger charge is 2.30. The Morgan fingerprint density at radius 2 is 1.91 bits per heavy atom. The maximum absolute atomic E-state index is 13.1. The molecule has 1 unspecified atom stereocenters. The van der Waals surface area contributed by atoms with Crippen LogP contribution in [0.1, 0.15) is 49.4 Å². The van der Waals surface area contributed by atoms with Crippen LogP contribution in [0.25, 0.3) is 0 Å². The Morgan fingerprint density at radius 3 is 2.59 bits per heavy atom. The molecule has 32 heavy (non-hydrogen) atoms. The van der Waals surface area contributed by atoms with E-state index in [0.29, 0.717) is 17.5 Å². The molecule has 3 heterocycles. The molecule has 2 aliphatic heterocycles. The summed E-state index contributed by atoms with van der Waals surface area (Å²) < 4.78 is 40.2. The lowest BCUT2D eigenvalue weighted by Gasteiger charge is -2.35. The summed E-state index contributed by atoms with van der Waals surface area (Å²) >= 11 is 0. The molecule has 0 aliphatic carbocycles. The first-order valence-corrected chi connectivity index (χ1v) is 12.7. The predicted octanol–water partition coefficient (Wildman–Crippen LogP) is 3.59. The number of nitrogens with zero attached hydrogens (tertiary/aromatic N) is 2. The maximum Gasteiger partial charge on any atom is 0.262 e. The maximum atomic E-state index is 13.1. The number of sulfonamides is 1. The Kier molecular flexibility index (Phi) is 6.47. The zero-order valence-electron chi connectivity index (χ0n) is 19.3. The number of benzene rings is 1. The molecule has 7 nitrogen and oxygen atoms in total. The zero-order valence-corrected chi connectivity index (χ0v) is 20.2. The van der Waals surface area contributed by atoms with Gasteiger partial charge in [0.2, 0.25) is 5.88 Å². The second-order valence-corrected chi connectivity index (χ2v) is 11.1. The highest BCUT2D eigenvalue weighted by molar-refractivity contribution is 7.92. The lowest BCUT2D eigenvalue weighted by atomic mass is 9.84. The van der Waals surface area contributed by atoms with Crippen LogP contribution in [-0.4, -0.2) is 57.8 Å². The number of rotatable bonds is 5. The van der Waals surface area contributed by atoms with Crippen LogP contribution in [0.2, 0.25) is 0 Å². The Labute approximate surface area is 191 Å². The molecule has 0 amide bonds. The van der Waals surface area contributed by atoms with E-state index >= 15 is 0 Å². The number of aromatic nitrogens is 1. The minimum Gasteiger partial charge on any atom is -0.479 e. The number of likely N-dealkylation sites (N-methyl/N-ethyl adjacent to an activating group) is 1. The highest BCUT2D eigenvalue weighted by atomic mass is 32.2. The van der Waals surface area contributed by atoms with Crippen LogP contribution in [0, 0.1) is 0 Å². The van der Waals surface area contributed by atoms with Crippen molar-refractivity contribution in [2.75, 3.05) is 38.6 Å². The average molecular weight is 460 g/mol. The van der Waals surface area contributed by atoms with E-state index in [1.165, 1.54) is 7.11 Å². The topological polar surface area (TPSA) is 80.8 Å². The van der Waals surface area contributed by atoms with Gasteiger partial charge in [0.05, 0.1) is 17.6 Å². The van der Waals surface area contributed by atoms with Crippen LogP contribution < -0.4 is 9.46 Å². The number of nitrogens with one attached hydrogen (secondary N) is 1. The lowest BCUT2D eigenvalue weighted by Crippen LogP contribution is -2.32. The molecule has 1 atom stereocenters. The Balaban J connectivity index is 1.55. The molecule has 0 saturated carbocycles. The van der Waals surface area contributed by atoms with Crippen LogP contribution in [0.15, 0.2) is 35.2 Å². The quantitative estimate of drug-likeness (QED) is 0.736. The third-order valence-corrected chi connectivity index (χ3v) is 7.83. The number of hydrogen-bond donors (Lipinski definition) is 1. The second-order valence-electron chi connectivity index (χ2n) is 9.43. The van der Waals surface area contributed by atoms with Crippen molar-refractivity contribution in [3.05, 3.63) is 47.2 Å². The highest BCUT2D eigenvalue weighted by Crippen LogP contribution is 2.36. The van der Waals surface area contributed by atoms with E-state index in [0.717, 1.165) is 62.2 Å². The van der Waals surface area contributed by atoms with Gasteiger partial charge in [-0.1, -0.05) is 12.1 Å². The van der Waals surface area contributed by atoms with E-state index in [9.17, 15) is 8.42 Å². The van der Waals surface area contributed by atoms with Gasteiger partial charge in [0.15, 0.2) is 0 Å². The third kappa shape index (κ3) is 5.08. The SMILES string of the molecule is COc1nc2c(cc1NS(=O)(=O)c1ccc(C3CCOC(C)(C)C3)cc1)CCN(C)CC2. The fraction of sp³-hybridized carbons (Fsp3) is 0.542. The van der Waals surface area contributed by atoms with Crippen molar-refractivity contribution in [3.8, 4) is 5.88 Å². The van der Waals surface area contributed by atoms with Gasteiger partial charge in [-0.2, -0.15) is 0 Å². The summed E-state index contributed by atoms with van der Waals surface area (Å²) in [5.41, 5.74) is 3.40. The summed E-state index contributed by atoms with van der Waals surface area (Å²) in [6.45, 7) is 6.76. The first kappa shape index (κ1) is 23.0. The number of methoxy groups -OCH3 is 1. The van der Waals surface area contributed by atoms with Crippen molar-refractivity contribution >= 4 is 15.7 Å². The molecule has 8 heteroatoms. The van der Waals surface area contributed by atoms with Gasteiger partial charge >= 0.3 is 0 Å². The first-order chi connectivity index (χ1) is 15.2.